The molecule has 0 radical (unpaired) electrons. The van der Waals surface area contributed by atoms with Crippen molar-refractivity contribution in [3.63, 3.8) is 0 Å². The second-order valence-electron chi connectivity index (χ2n) is 4.86. The summed E-state index contributed by atoms with van der Waals surface area (Å²) in [5.74, 6) is -0.267. The summed E-state index contributed by atoms with van der Waals surface area (Å²) in [6, 6.07) is 4.78. The van der Waals surface area contributed by atoms with Crippen molar-refractivity contribution >= 4 is 5.69 Å². The molecule has 0 fully saturated rings. The maximum Gasteiger partial charge on any atom is 0.123 e. The summed E-state index contributed by atoms with van der Waals surface area (Å²) < 4.78 is 13.3. The van der Waals surface area contributed by atoms with Crippen LogP contribution in [0.3, 0.4) is 0 Å². The SMILES string of the molecule is CC(N)c1cc(F)ccc1N(CCCO)C(C)C. The zero-order chi connectivity index (χ0) is 13.7. The molecule has 3 N–H and O–H groups in total. The van der Waals surface area contributed by atoms with E-state index in [0.717, 1.165) is 17.8 Å². The summed E-state index contributed by atoms with van der Waals surface area (Å²) in [6.07, 6.45) is 0.688. The first-order chi connectivity index (χ1) is 8.47. The van der Waals surface area contributed by atoms with Gasteiger partial charge in [-0.05, 0) is 51.0 Å². The quantitative estimate of drug-likeness (QED) is 0.819. The highest BCUT2D eigenvalue weighted by Crippen LogP contribution is 2.27. The highest BCUT2D eigenvalue weighted by atomic mass is 19.1. The minimum absolute atomic E-state index is 0.151. The first-order valence-electron chi connectivity index (χ1n) is 6.40. The summed E-state index contributed by atoms with van der Waals surface area (Å²) in [4.78, 5) is 2.15. The largest absolute Gasteiger partial charge is 0.396 e. The standard InChI is InChI=1S/C14H23FN2O/c1-10(2)17(7-4-8-18)14-6-5-12(15)9-13(14)11(3)16/h5-6,9-11,18H,4,7-8,16H2,1-3H3. The van der Waals surface area contributed by atoms with E-state index in [2.05, 4.69) is 18.7 Å². The number of hydrogen-bond acceptors (Lipinski definition) is 3. The van der Waals surface area contributed by atoms with Crippen LogP contribution in [0.15, 0.2) is 18.2 Å². The van der Waals surface area contributed by atoms with Crippen LogP contribution in [0.25, 0.3) is 0 Å². The van der Waals surface area contributed by atoms with E-state index in [-0.39, 0.29) is 24.5 Å². The van der Waals surface area contributed by atoms with Gasteiger partial charge in [-0.3, -0.25) is 0 Å². The molecule has 18 heavy (non-hydrogen) atoms. The van der Waals surface area contributed by atoms with Crippen LogP contribution in [0.5, 0.6) is 0 Å². The number of anilines is 1. The fraction of sp³-hybridized carbons (Fsp3) is 0.571. The fourth-order valence-corrected chi connectivity index (χ4v) is 2.05. The summed E-state index contributed by atoms with van der Waals surface area (Å²) in [5.41, 5.74) is 7.67. The van der Waals surface area contributed by atoms with Gasteiger partial charge < -0.3 is 15.7 Å². The molecule has 3 nitrogen and oxygen atoms in total. The summed E-state index contributed by atoms with van der Waals surface area (Å²) in [7, 11) is 0. The molecule has 0 saturated carbocycles. The van der Waals surface area contributed by atoms with Crippen LogP contribution in [0.2, 0.25) is 0 Å². The van der Waals surface area contributed by atoms with Crippen molar-refractivity contribution in [1.29, 1.82) is 0 Å². The molecular formula is C14H23FN2O. The number of nitrogens with zero attached hydrogens (tertiary/aromatic N) is 1. The lowest BCUT2D eigenvalue weighted by Crippen LogP contribution is -2.33. The second kappa shape index (κ2) is 6.71. The van der Waals surface area contributed by atoms with Gasteiger partial charge in [0.15, 0.2) is 0 Å². The van der Waals surface area contributed by atoms with Crippen molar-refractivity contribution in [3.8, 4) is 0 Å². The Bertz CT molecular complexity index is 380. The van der Waals surface area contributed by atoms with E-state index in [0.29, 0.717) is 6.42 Å². The molecule has 1 aromatic carbocycles. The molecule has 0 bridgehead atoms. The van der Waals surface area contributed by atoms with Crippen LogP contribution in [0, 0.1) is 5.82 Å². The lowest BCUT2D eigenvalue weighted by Gasteiger charge is -2.31. The Balaban J connectivity index is 3.10. The van der Waals surface area contributed by atoms with E-state index >= 15 is 0 Å². The fourth-order valence-electron chi connectivity index (χ4n) is 2.05. The molecule has 0 aromatic heterocycles. The molecular weight excluding hydrogens is 231 g/mol. The summed E-state index contributed by atoms with van der Waals surface area (Å²) >= 11 is 0. The van der Waals surface area contributed by atoms with Gasteiger partial charge in [-0.1, -0.05) is 0 Å². The van der Waals surface area contributed by atoms with Crippen LogP contribution in [0.1, 0.15) is 38.8 Å². The average molecular weight is 254 g/mol. The van der Waals surface area contributed by atoms with E-state index in [4.69, 9.17) is 10.8 Å². The molecule has 1 unspecified atom stereocenters. The normalized spacial score (nSPS) is 12.8. The number of rotatable bonds is 6. The number of aliphatic hydroxyl groups excluding tert-OH is 1. The van der Waals surface area contributed by atoms with Gasteiger partial charge >= 0.3 is 0 Å². The van der Waals surface area contributed by atoms with Gasteiger partial charge in [0.1, 0.15) is 5.82 Å². The Labute approximate surface area is 108 Å². The van der Waals surface area contributed by atoms with E-state index in [1.807, 2.05) is 6.92 Å². The number of nitrogens with two attached hydrogens (primary N) is 1. The van der Waals surface area contributed by atoms with Crippen LogP contribution in [-0.2, 0) is 0 Å². The van der Waals surface area contributed by atoms with Crippen molar-refractivity contribution in [1.82, 2.24) is 0 Å². The lowest BCUT2D eigenvalue weighted by molar-refractivity contribution is 0.288. The number of benzene rings is 1. The minimum atomic E-state index is -0.267. The maximum absolute atomic E-state index is 13.3. The molecule has 0 aliphatic heterocycles. The molecule has 1 atom stereocenters. The Hall–Kier alpha value is -1.13. The first-order valence-corrected chi connectivity index (χ1v) is 6.40. The molecule has 0 saturated heterocycles. The summed E-state index contributed by atoms with van der Waals surface area (Å²) in [6.45, 7) is 6.89. The molecule has 0 aliphatic rings. The Morgan fingerprint density at radius 2 is 2.00 bits per heavy atom. The maximum atomic E-state index is 13.3. The van der Waals surface area contributed by atoms with Crippen molar-refractivity contribution in [3.05, 3.63) is 29.6 Å². The third-order valence-corrected chi connectivity index (χ3v) is 2.97. The van der Waals surface area contributed by atoms with Crippen molar-refractivity contribution < 1.29 is 9.50 Å². The van der Waals surface area contributed by atoms with E-state index in [1.54, 1.807) is 6.07 Å². The number of aliphatic hydroxyl groups is 1. The van der Waals surface area contributed by atoms with Crippen molar-refractivity contribution in [2.45, 2.75) is 39.3 Å². The lowest BCUT2D eigenvalue weighted by atomic mass is 10.0. The predicted molar refractivity (Wildman–Crippen MR) is 73.2 cm³/mol. The van der Waals surface area contributed by atoms with E-state index < -0.39 is 0 Å². The van der Waals surface area contributed by atoms with Gasteiger partial charge in [-0.2, -0.15) is 0 Å². The molecule has 1 aromatic rings. The molecule has 0 amide bonds. The smallest absolute Gasteiger partial charge is 0.123 e. The minimum Gasteiger partial charge on any atom is -0.396 e. The van der Waals surface area contributed by atoms with Gasteiger partial charge in [0.2, 0.25) is 0 Å². The highest BCUT2D eigenvalue weighted by Gasteiger charge is 2.16. The van der Waals surface area contributed by atoms with Gasteiger partial charge in [-0.15, -0.1) is 0 Å². The number of halogens is 1. The zero-order valence-electron chi connectivity index (χ0n) is 11.4. The monoisotopic (exact) mass is 254 g/mol. The number of hydrogen-bond donors (Lipinski definition) is 2. The molecule has 1 rings (SSSR count). The van der Waals surface area contributed by atoms with Crippen molar-refractivity contribution in [2.75, 3.05) is 18.1 Å². The second-order valence-corrected chi connectivity index (χ2v) is 4.86. The van der Waals surface area contributed by atoms with Gasteiger partial charge in [0, 0.05) is 30.9 Å². The Morgan fingerprint density at radius 3 is 2.50 bits per heavy atom. The highest BCUT2D eigenvalue weighted by molar-refractivity contribution is 5.55. The van der Waals surface area contributed by atoms with Crippen LogP contribution in [0.4, 0.5) is 10.1 Å². The van der Waals surface area contributed by atoms with Crippen molar-refractivity contribution in [2.24, 2.45) is 5.73 Å². The topological polar surface area (TPSA) is 49.5 Å². The Morgan fingerprint density at radius 1 is 1.33 bits per heavy atom. The predicted octanol–water partition coefficient (Wildman–Crippen LogP) is 2.44. The van der Waals surface area contributed by atoms with Gasteiger partial charge in [0.25, 0.3) is 0 Å². The molecule has 4 heteroatoms. The van der Waals surface area contributed by atoms with Crippen LogP contribution >= 0.6 is 0 Å². The van der Waals surface area contributed by atoms with Crippen LogP contribution in [-0.4, -0.2) is 24.3 Å². The molecule has 0 heterocycles. The van der Waals surface area contributed by atoms with Crippen LogP contribution < -0.4 is 10.6 Å². The molecule has 102 valence electrons. The van der Waals surface area contributed by atoms with E-state index in [9.17, 15) is 4.39 Å². The van der Waals surface area contributed by atoms with Gasteiger partial charge in [-0.25, -0.2) is 4.39 Å². The first kappa shape index (κ1) is 14.9. The average Bonchev–Trinajstić information content (AvgIpc) is 2.30. The Kier molecular flexibility index (Phi) is 5.56. The zero-order valence-corrected chi connectivity index (χ0v) is 11.4. The third-order valence-electron chi connectivity index (χ3n) is 2.97. The van der Waals surface area contributed by atoms with E-state index in [1.165, 1.54) is 12.1 Å². The molecule has 0 aliphatic carbocycles. The van der Waals surface area contributed by atoms with Gasteiger partial charge in [0.05, 0.1) is 0 Å². The summed E-state index contributed by atoms with van der Waals surface area (Å²) in [5, 5.41) is 8.96. The molecule has 0 spiro atoms. The third kappa shape index (κ3) is 3.68.